The third-order valence-electron chi connectivity index (χ3n) is 6.63. The van der Waals surface area contributed by atoms with Gasteiger partial charge in [0, 0.05) is 29.1 Å². The number of rotatable bonds is 12. The quantitative estimate of drug-likeness (QED) is 0.161. The second kappa shape index (κ2) is 13.4. The van der Waals surface area contributed by atoms with Gasteiger partial charge >= 0.3 is 5.97 Å². The second-order valence-corrected chi connectivity index (χ2v) is 10.0. The average Bonchev–Trinajstić information content (AvgIpc) is 3.33. The largest absolute Gasteiger partial charge is 0.481 e. The number of nitrogens with one attached hydrogen (secondary N) is 1. The Morgan fingerprint density at radius 2 is 1.63 bits per heavy atom. The fourth-order valence-electron chi connectivity index (χ4n) is 4.96. The number of benzene rings is 3. The fourth-order valence-corrected chi connectivity index (χ4v) is 4.96. The molecule has 0 spiro atoms. The first-order valence-corrected chi connectivity index (χ1v) is 13.3. The van der Waals surface area contributed by atoms with Crippen molar-refractivity contribution in [2.45, 2.75) is 57.8 Å². The van der Waals surface area contributed by atoms with Crippen LogP contribution in [-0.2, 0) is 11.3 Å². The van der Waals surface area contributed by atoms with Crippen molar-refractivity contribution in [3.05, 3.63) is 102 Å². The van der Waals surface area contributed by atoms with Crippen LogP contribution >= 0.6 is 0 Å². The molecule has 7 nitrogen and oxygen atoms in total. The van der Waals surface area contributed by atoms with Gasteiger partial charge in [0.2, 0.25) is 0 Å². The molecule has 0 saturated carbocycles. The Hall–Kier alpha value is -4.27. The number of para-hydroxylation sites is 1. The Kier molecular flexibility index (Phi) is 7.65. The highest BCUT2D eigenvalue weighted by Crippen LogP contribution is 2.43. The highest BCUT2D eigenvalue weighted by Gasteiger charge is 2.31. The van der Waals surface area contributed by atoms with Crippen LogP contribution in [0.1, 0.15) is 61.9 Å². The number of aliphatic carboxylic acids is 1. The summed E-state index contributed by atoms with van der Waals surface area (Å²) in [5.41, 5.74) is 0.447. The number of anilines is 1. The van der Waals surface area contributed by atoms with Crippen molar-refractivity contribution in [1.82, 2.24) is 4.57 Å². The highest BCUT2D eigenvalue weighted by molar-refractivity contribution is 6.12. The summed E-state index contributed by atoms with van der Waals surface area (Å²) in [6, 6.07) is 11.1. The Bertz CT molecular complexity index is 1730. The number of carbonyl (C=O) groups excluding carboxylic acids is 1. The average molecular weight is 564 g/mol. The molecular formula is C33H35FN2O5. The maximum absolute atomic E-state index is 15.7. The molecule has 1 heterocycles. The van der Waals surface area contributed by atoms with Gasteiger partial charge in [0.05, 0.1) is 36.7 Å². The number of nitrogens with zero attached hydrogens (tertiary/aromatic N) is 1. The maximum atomic E-state index is 15.7. The predicted molar refractivity (Wildman–Crippen MR) is 157 cm³/mol. The Balaban J connectivity index is 2.07. The zero-order chi connectivity index (χ0) is 33.9. The maximum Gasteiger partial charge on any atom is 0.305 e. The van der Waals surface area contributed by atoms with E-state index in [1.165, 1.54) is 18.2 Å². The van der Waals surface area contributed by atoms with Gasteiger partial charge in [-0.15, -0.1) is 0 Å². The number of hydrogen-bond acceptors (Lipinski definition) is 4. The van der Waals surface area contributed by atoms with E-state index in [1.54, 1.807) is 54.8 Å². The lowest BCUT2D eigenvalue weighted by Gasteiger charge is -2.20. The van der Waals surface area contributed by atoms with Crippen LogP contribution in [0.15, 0.2) is 84.8 Å². The first-order chi connectivity index (χ1) is 21.7. The van der Waals surface area contributed by atoms with E-state index in [0.717, 1.165) is 0 Å². The molecule has 0 fully saturated rings. The molecule has 41 heavy (non-hydrogen) atoms. The molecule has 0 aliphatic carbocycles. The van der Waals surface area contributed by atoms with E-state index in [2.05, 4.69) is 5.32 Å². The van der Waals surface area contributed by atoms with Crippen molar-refractivity contribution in [2.24, 2.45) is 0 Å². The predicted octanol–water partition coefficient (Wildman–Crippen LogP) is 6.31. The van der Waals surface area contributed by atoms with E-state index in [1.807, 2.05) is 0 Å². The topological polar surface area (TPSA) is 112 Å². The molecule has 4 rings (SSSR count). The minimum absolute atomic E-state index is 0.00891. The molecule has 0 saturated heterocycles. The number of aromatic nitrogens is 1. The Morgan fingerprint density at radius 3 is 2.27 bits per heavy atom. The third kappa shape index (κ3) is 7.09. The summed E-state index contributed by atoms with van der Waals surface area (Å²) in [7, 11) is 0. The summed E-state index contributed by atoms with van der Waals surface area (Å²) in [4.78, 5) is 25.3. The van der Waals surface area contributed by atoms with E-state index in [4.69, 9.17) is 12.0 Å². The van der Waals surface area contributed by atoms with Gasteiger partial charge in [0.1, 0.15) is 5.82 Å². The fraction of sp³-hybridized carbons (Fsp3) is 0.273. The van der Waals surface area contributed by atoms with Crippen molar-refractivity contribution in [2.75, 3.05) is 5.32 Å². The van der Waals surface area contributed by atoms with Crippen LogP contribution in [0.5, 0.6) is 0 Å². The van der Waals surface area contributed by atoms with Crippen LogP contribution in [0.2, 0.25) is 0 Å². The van der Waals surface area contributed by atoms with E-state index in [0.29, 0.717) is 11.4 Å². The SMILES string of the molecule is [2H]c1c([2H])c([2H])c(-c2c(C(=O)Nc3ccccc3)c(C(C)C)n(CC[C@@H](O)C[C@@H](O)CC(=O)O)c2-c2ccccc2F)c([2H])c1[2H]. The van der Waals surface area contributed by atoms with Gasteiger partial charge in [-0.25, -0.2) is 4.39 Å². The number of aliphatic hydroxyl groups excluding tert-OH is 2. The number of halogens is 1. The lowest BCUT2D eigenvalue weighted by atomic mass is 9.94. The van der Waals surface area contributed by atoms with E-state index < -0.39 is 72.5 Å². The number of aliphatic hydroxyl groups is 2. The van der Waals surface area contributed by atoms with Crippen LogP contribution in [-0.4, -0.2) is 44.0 Å². The lowest BCUT2D eigenvalue weighted by molar-refractivity contribution is -0.139. The van der Waals surface area contributed by atoms with Crippen LogP contribution in [0.4, 0.5) is 10.1 Å². The number of amides is 1. The molecule has 214 valence electrons. The summed E-state index contributed by atoms with van der Waals surface area (Å²) in [5, 5.41) is 32.7. The van der Waals surface area contributed by atoms with Crippen molar-refractivity contribution in [3.63, 3.8) is 0 Å². The number of carboxylic acids is 1. The van der Waals surface area contributed by atoms with Crippen LogP contribution in [0, 0.1) is 5.82 Å². The molecule has 0 unspecified atom stereocenters. The number of hydrogen-bond donors (Lipinski definition) is 4. The van der Waals surface area contributed by atoms with Crippen molar-refractivity contribution in [1.29, 1.82) is 0 Å². The van der Waals surface area contributed by atoms with Gasteiger partial charge < -0.3 is 25.2 Å². The summed E-state index contributed by atoms with van der Waals surface area (Å²) in [6.45, 7) is 3.52. The summed E-state index contributed by atoms with van der Waals surface area (Å²) >= 11 is 0. The Morgan fingerprint density at radius 1 is 0.976 bits per heavy atom. The zero-order valence-corrected chi connectivity index (χ0v) is 22.7. The van der Waals surface area contributed by atoms with Gasteiger partial charge in [-0.05, 0) is 48.6 Å². The van der Waals surface area contributed by atoms with Gasteiger partial charge in [-0.2, -0.15) is 0 Å². The molecule has 1 amide bonds. The van der Waals surface area contributed by atoms with Crippen molar-refractivity contribution < 1.29 is 36.2 Å². The van der Waals surface area contributed by atoms with Crippen LogP contribution in [0.3, 0.4) is 0 Å². The lowest BCUT2D eigenvalue weighted by Crippen LogP contribution is -2.22. The van der Waals surface area contributed by atoms with E-state index in [-0.39, 0.29) is 47.3 Å². The van der Waals surface area contributed by atoms with Gasteiger partial charge in [0.25, 0.3) is 5.91 Å². The molecule has 2 atom stereocenters. The molecule has 0 bridgehead atoms. The van der Waals surface area contributed by atoms with E-state index in [9.17, 15) is 19.8 Å². The van der Waals surface area contributed by atoms with Gasteiger partial charge in [-0.3, -0.25) is 9.59 Å². The minimum atomic E-state index is -1.32. The third-order valence-corrected chi connectivity index (χ3v) is 6.63. The molecule has 0 aliphatic rings. The summed E-state index contributed by atoms with van der Waals surface area (Å²) < 4.78 is 59.8. The minimum Gasteiger partial charge on any atom is -0.481 e. The van der Waals surface area contributed by atoms with Crippen molar-refractivity contribution in [3.8, 4) is 22.4 Å². The smallest absolute Gasteiger partial charge is 0.305 e. The standard InChI is InChI=1S/C33H35FN2O5/c1-21(2)31-30(33(41)35-23-13-7-4-8-14-23)29(22-11-5-3-6-12-22)32(26-15-9-10-16-27(26)34)36(31)18-17-24(37)19-25(38)20-28(39)40/h3-16,21,24-25,37-38H,17-20H2,1-2H3,(H,35,41)(H,39,40)/t24-,25-/m1/s1/i3D,5D,6D,11D,12D. The highest BCUT2D eigenvalue weighted by atomic mass is 19.1. The Labute approximate surface area is 245 Å². The molecule has 0 radical (unpaired) electrons. The van der Waals surface area contributed by atoms with E-state index >= 15 is 4.39 Å². The zero-order valence-electron chi connectivity index (χ0n) is 27.7. The summed E-state index contributed by atoms with van der Waals surface area (Å²) in [6.07, 6.45) is -3.37. The van der Waals surface area contributed by atoms with Crippen LogP contribution in [0.25, 0.3) is 22.4 Å². The molecule has 0 aliphatic heterocycles. The molecular weight excluding hydrogens is 523 g/mol. The molecule has 4 aromatic rings. The summed E-state index contributed by atoms with van der Waals surface area (Å²) in [5.74, 6) is -3.02. The normalized spacial score (nSPS) is 14.4. The number of carbonyl (C=O) groups is 2. The number of carboxylic acid groups (broad SMARTS) is 1. The molecule has 4 N–H and O–H groups in total. The first kappa shape index (κ1) is 23.4. The molecule has 1 aromatic heterocycles. The van der Waals surface area contributed by atoms with Crippen LogP contribution < -0.4 is 5.32 Å². The van der Waals surface area contributed by atoms with Gasteiger partial charge in [-0.1, -0.05) is 74.4 Å². The molecule has 3 aromatic carbocycles. The van der Waals surface area contributed by atoms with Crippen molar-refractivity contribution >= 4 is 17.6 Å². The molecule has 8 heteroatoms. The monoisotopic (exact) mass is 563 g/mol. The second-order valence-electron chi connectivity index (χ2n) is 10.0. The van der Waals surface area contributed by atoms with Gasteiger partial charge in [0.15, 0.2) is 0 Å². The first-order valence-electron chi connectivity index (χ1n) is 15.8.